The average molecular weight is 537 g/mol. The third-order valence-corrected chi connectivity index (χ3v) is 6.78. The summed E-state index contributed by atoms with van der Waals surface area (Å²) in [5.74, 6) is -2.70. The molecule has 1 aliphatic heterocycles. The molecule has 1 aliphatic rings. The van der Waals surface area contributed by atoms with Crippen LogP contribution >= 0.6 is 0 Å². The molecule has 0 radical (unpaired) electrons. The molecule has 0 aliphatic carbocycles. The summed E-state index contributed by atoms with van der Waals surface area (Å²) in [6.45, 7) is 1.03. The van der Waals surface area contributed by atoms with E-state index in [-0.39, 0.29) is 61.1 Å². The number of ether oxygens (including phenoxy) is 2. The number of rotatable bonds is 10. The molecule has 198 valence electrons. The van der Waals surface area contributed by atoms with E-state index in [1.54, 1.807) is 42.2 Å². The number of alkyl halides is 2. The van der Waals surface area contributed by atoms with Gasteiger partial charge in [0.2, 0.25) is 21.8 Å². The van der Waals surface area contributed by atoms with Crippen LogP contribution in [-0.2, 0) is 25.3 Å². The molecule has 0 atom stereocenters. The van der Waals surface area contributed by atoms with Crippen LogP contribution in [0.1, 0.15) is 41.3 Å². The summed E-state index contributed by atoms with van der Waals surface area (Å²) in [4.78, 5) is 30.7. The van der Waals surface area contributed by atoms with Gasteiger partial charge in [0.1, 0.15) is 11.6 Å². The minimum atomic E-state index is -3.89. The number of pyridine rings is 1. The number of piperidine rings is 1. The van der Waals surface area contributed by atoms with Crippen molar-refractivity contribution in [3.05, 3.63) is 53.1 Å². The summed E-state index contributed by atoms with van der Waals surface area (Å²) in [6.07, 6.45) is -2.30. The number of carbonyl (C=O) groups is 2. The smallest absolute Gasteiger partial charge is 0.343 e. The van der Waals surface area contributed by atoms with Crippen molar-refractivity contribution in [2.75, 3.05) is 31.2 Å². The third kappa shape index (κ3) is 7.60. The van der Waals surface area contributed by atoms with E-state index in [4.69, 9.17) is 9.47 Å². The minimum absolute atomic E-state index is 0.000732. The Bertz CT molecular complexity index is 1260. The van der Waals surface area contributed by atoms with E-state index in [0.717, 1.165) is 0 Å². The van der Waals surface area contributed by atoms with Gasteiger partial charge in [-0.1, -0.05) is 30.3 Å². The highest BCUT2D eigenvalue weighted by molar-refractivity contribution is 7.89. The number of nitriles is 1. The highest BCUT2D eigenvalue weighted by atomic mass is 32.2. The van der Waals surface area contributed by atoms with Gasteiger partial charge in [-0.05, 0) is 31.4 Å². The molecule has 13 heteroatoms. The number of hydrogen-bond donors (Lipinski definition) is 1. The van der Waals surface area contributed by atoms with Crippen LogP contribution in [0.3, 0.4) is 0 Å². The predicted octanol–water partition coefficient (Wildman–Crippen LogP) is 2.64. The van der Waals surface area contributed by atoms with Crippen LogP contribution in [0.4, 0.5) is 14.6 Å². The molecule has 37 heavy (non-hydrogen) atoms. The van der Waals surface area contributed by atoms with Crippen LogP contribution in [0.2, 0.25) is 0 Å². The Hall–Kier alpha value is -3.79. The fraction of sp³-hybridized carbons (Fsp3) is 0.417. The lowest BCUT2D eigenvalue weighted by Crippen LogP contribution is -2.43. The maximum Gasteiger partial charge on any atom is 0.343 e. The second-order valence-corrected chi connectivity index (χ2v) is 9.94. The number of carbonyl (C=O) groups excluding carboxylic acids is 2. The summed E-state index contributed by atoms with van der Waals surface area (Å²) >= 11 is 0. The summed E-state index contributed by atoms with van der Waals surface area (Å²) in [5, 5.41) is 9.62. The van der Waals surface area contributed by atoms with E-state index in [9.17, 15) is 32.0 Å². The van der Waals surface area contributed by atoms with Crippen LogP contribution in [-0.4, -0.2) is 58.0 Å². The maximum atomic E-state index is 12.7. The zero-order chi connectivity index (χ0) is 27.0. The molecule has 1 amide bonds. The summed E-state index contributed by atoms with van der Waals surface area (Å²) in [6, 6.07) is 11.6. The van der Waals surface area contributed by atoms with E-state index in [1.807, 2.05) is 6.07 Å². The first-order chi connectivity index (χ1) is 17.6. The topological polar surface area (TPSA) is 139 Å². The number of nitrogens with zero attached hydrogens (tertiary/aromatic N) is 3. The van der Waals surface area contributed by atoms with Crippen molar-refractivity contribution in [2.45, 2.75) is 31.9 Å². The molecule has 2 heterocycles. The van der Waals surface area contributed by atoms with Gasteiger partial charge in [-0.2, -0.15) is 10.2 Å². The van der Waals surface area contributed by atoms with Gasteiger partial charge in [0.15, 0.2) is 12.4 Å². The van der Waals surface area contributed by atoms with Crippen molar-refractivity contribution >= 4 is 27.7 Å². The number of halogens is 2. The monoisotopic (exact) mass is 536 g/mol. The molecule has 1 fully saturated rings. The van der Waals surface area contributed by atoms with Gasteiger partial charge in [0, 0.05) is 19.0 Å². The van der Waals surface area contributed by atoms with Crippen LogP contribution in [0.25, 0.3) is 0 Å². The van der Waals surface area contributed by atoms with Gasteiger partial charge < -0.3 is 14.4 Å². The molecular weight excluding hydrogens is 510 g/mol. The van der Waals surface area contributed by atoms with Crippen LogP contribution in [0, 0.1) is 17.2 Å². The standard InChI is InChI=1S/C24H26F2N4O6S/c1-2-35-24(32)19-12-18(13-27)21(28-23(19)36-14-20(25)26)30-10-8-17(9-11-30)22(31)29-37(33,34)15-16-6-4-3-5-7-16/h3-7,12,17,20H,2,8-11,14-15H2,1H3,(H,29,31). The van der Waals surface area contributed by atoms with Crippen molar-refractivity contribution < 1.29 is 36.3 Å². The Kier molecular flexibility index (Phi) is 9.35. The molecule has 1 aromatic carbocycles. The normalized spacial score (nSPS) is 14.2. The van der Waals surface area contributed by atoms with E-state index < -0.39 is 40.9 Å². The Morgan fingerprint density at radius 3 is 2.51 bits per heavy atom. The predicted molar refractivity (Wildman–Crippen MR) is 129 cm³/mol. The summed E-state index contributed by atoms with van der Waals surface area (Å²) in [5.41, 5.74) is 0.297. The molecule has 1 saturated heterocycles. The molecule has 3 rings (SSSR count). The minimum Gasteiger partial charge on any atom is -0.471 e. The van der Waals surface area contributed by atoms with Crippen molar-refractivity contribution in [3.63, 3.8) is 0 Å². The molecule has 1 N–H and O–H groups in total. The molecule has 0 spiro atoms. The van der Waals surface area contributed by atoms with Crippen molar-refractivity contribution in [2.24, 2.45) is 5.92 Å². The second-order valence-electron chi connectivity index (χ2n) is 8.22. The fourth-order valence-corrected chi connectivity index (χ4v) is 5.01. The Labute approximate surface area is 213 Å². The highest BCUT2D eigenvalue weighted by Crippen LogP contribution is 2.30. The maximum absolute atomic E-state index is 12.7. The first-order valence-electron chi connectivity index (χ1n) is 11.5. The average Bonchev–Trinajstić information content (AvgIpc) is 2.87. The van der Waals surface area contributed by atoms with Gasteiger partial charge in [-0.3, -0.25) is 9.52 Å². The van der Waals surface area contributed by atoms with Gasteiger partial charge in [-0.25, -0.2) is 22.0 Å². The van der Waals surface area contributed by atoms with E-state index in [2.05, 4.69) is 9.71 Å². The van der Waals surface area contributed by atoms with Gasteiger partial charge in [0.25, 0.3) is 6.43 Å². The number of sulfonamides is 1. The number of hydrogen-bond acceptors (Lipinski definition) is 9. The number of aromatic nitrogens is 1. The largest absolute Gasteiger partial charge is 0.471 e. The molecule has 10 nitrogen and oxygen atoms in total. The van der Waals surface area contributed by atoms with Crippen LogP contribution < -0.4 is 14.4 Å². The van der Waals surface area contributed by atoms with E-state index in [1.165, 1.54) is 6.07 Å². The first-order valence-corrected chi connectivity index (χ1v) is 13.1. The van der Waals surface area contributed by atoms with E-state index in [0.29, 0.717) is 5.56 Å². The quantitative estimate of drug-likeness (QED) is 0.454. The molecule has 0 bridgehead atoms. The van der Waals surface area contributed by atoms with E-state index >= 15 is 0 Å². The summed E-state index contributed by atoms with van der Waals surface area (Å²) in [7, 11) is -3.89. The molecular formula is C24H26F2N4O6S. The lowest BCUT2D eigenvalue weighted by atomic mass is 9.96. The summed E-state index contributed by atoms with van der Waals surface area (Å²) < 4.78 is 62.4. The first kappa shape index (κ1) is 27.8. The van der Waals surface area contributed by atoms with Gasteiger partial charge >= 0.3 is 5.97 Å². The number of nitrogens with one attached hydrogen (secondary N) is 1. The van der Waals surface area contributed by atoms with Gasteiger partial charge in [-0.15, -0.1) is 0 Å². The molecule has 0 unspecified atom stereocenters. The molecule has 0 saturated carbocycles. The Morgan fingerprint density at radius 1 is 1.24 bits per heavy atom. The number of benzene rings is 1. The van der Waals surface area contributed by atoms with Crippen molar-refractivity contribution in [1.29, 1.82) is 5.26 Å². The lowest BCUT2D eigenvalue weighted by molar-refractivity contribution is -0.123. The number of esters is 1. The molecule has 2 aromatic rings. The zero-order valence-electron chi connectivity index (χ0n) is 20.0. The lowest BCUT2D eigenvalue weighted by Gasteiger charge is -2.32. The molecule has 1 aromatic heterocycles. The van der Waals surface area contributed by atoms with Gasteiger partial charge in [0.05, 0.1) is 17.9 Å². The SMILES string of the molecule is CCOC(=O)c1cc(C#N)c(N2CCC(C(=O)NS(=O)(=O)Cc3ccccc3)CC2)nc1OCC(F)F. The van der Waals surface area contributed by atoms with Crippen molar-refractivity contribution in [1.82, 2.24) is 9.71 Å². The number of amides is 1. The number of anilines is 1. The second kappa shape index (κ2) is 12.4. The van der Waals surface area contributed by atoms with Crippen molar-refractivity contribution in [3.8, 4) is 11.9 Å². The fourth-order valence-electron chi connectivity index (χ4n) is 3.84. The van der Waals surface area contributed by atoms with Crippen LogP contribution in [0.5, 0.6) is 5.88 Å². The highest BCUT2D eigenvalue weighted by Gasteiger charge is 2.30. The van der Waals surface area contributed by atoms with Crippen LogP contribution in [0.15, 0.2) is 36.4 Å². The Balaban J connectivity index is 1.72. The third-order valence-electron chi connectivity index (χ3n) is 5.55. The zero-order valence-corrected chi connectivity index (χ0v) is 20.8. The Morgan fingerprint density at radius 2 is 1.92 bits per heavy atom.